The number of nitrogens with zero attached hydrogens (tertiary/aromatic N) is 6. The summed E-state index contributed by atoms with van der Waals surface area (Å²) in [4.78, 5) is 20.5. The van der Waals surface area contributed by atoms with Gasteiger partial charge in [0.2, 0.25) is 5.95 Å². The average molecular weight is 431 g/mol. The molecule has 0 unspecified atom stereocenters. The minimum Gasteiger partial charge on any atom is -0.378 e. The van der Waals surface area contributed by atoms with Gasteiger partial charge in [0, 0.05) is 55.7 Å². The van der Waals surface area contributed by atoms with Gasteiger partial charge in [0.05, 0.1) is 13.2 Å². The van der Waals surface area contributed by atoms with Crippen LogP contribution in [-0.4, -0.2) is 50.6 Å². The molecule has 0 atom stereocenters. The van der Waals surface area contributed by atoms with Crippen LogP contribution in [0.2, 0.25) is 0 Å². The van der Waals surface area contributed by atoms with Crippen LogP contribution >= 0.6 is 0 Å². The molecule has 0 saturated carbocycles. The van der Waals surface area contributed by atoms with E-state index in [9.17, 15) is 0 Å². The maximum Gasteiger partial charge on any atom is 0.232 e. The third-order valence-electron chi connectivity index (χ3n) is 5.41. The first kappa shape index (κ1) is 20.2. The zero-order valence-electron chi connectivity index (χ0n) is 18.2. The number of ether oxygens (including phenoxy) is 1. The number of fused-ring (bicyclic) bond motifs is 1. The first-order valence-corrected chi connectivity index (χ1v) is 10.8. The Morgan fingerprint density at radius 2 is 1.78 bits per heavy atom. The Kier molecular flexibility index (Phi) is 5.55. The lowest BCUT2D eigenvalue weighted by molar-refractivity contribution is 0.122. The molecule has 2 N–H and O–H groups in total. The van der Waals surface area contributed by atoms with Gasteiger partial charge in [-0.15, -0.1) is 0 Å². The summed E-state index contributed by atoms with van der Waals surface area (Å²) in [6.07, 6.45) is 7.47. The van der Waals surface area contributed by atoms with E-state index in [-0.39, 0.29) is 0 Å². The maximum atomic E-state index is 5.51. The lowest BCUT2D eigenvalue weighted by Crippen LogP contribution is -2.36. The van der Waals surface area contributed by atoms with E-state index in [0.717, 1.165) is 36.1 Å². The van der Waals surface area contributed by atoms with Crippen molar-refractivity contribution in [1.29, 1.82) is 0 Å². The summed E-state index contributed by atoms with van der Waals surface area (Å²) < 4.78 is 7.47. The Balaban J connectivity index is 1.47. The first-order chi connectivity index (χ1) is 15.6. The van der Waals surface area contributed by atoms with Crippen LogP contribution in [0, 0.1) is 0 Å². The fourth-order valence-corrected chi connectivity index (χ4v) is 3.63. The van der Waals surface area contributed by atoms with E-state index < -0.39 is 0 Å². The van der Waals surface area contributed by atoms with Crippen molar-refractivity contribution in [1.82, 2.24) is 24.3 Å². The normalized spacial score (nSPS) is 14.2. The monoisotopic (exact) mass is 430 g/mol. The summed E-state index contributed by atoms with van der Waals surface area (Å²) in [6, 6.07) is 10.0. The smallest absolute Gasteiger partial charge is 0.232 e. The van der Waals surface area contributed by atoms with Gasteiger partial charge in [-0.3, -0.25) is 0 Å². The quantitative estimate of drug-likeness (QED) is 0.475. The Bertz CT molecular complexity index is 1220. The van der Waals surface area contributed by atoms with Crippen LogP contribution in [0.5, 0.6) is 0 Å². The van der Waals surface area contributed by atoms with Crippen LogP contribution in [0.15, 0.2) is 55.1 Å². The zero-order chi connectivity index (χ0) is 21.9. The van der Waals surface area contributed by atoms with Gasteiger partial charge in [0.1, 0.15) is 23.1 Å². The standard InChI is InChI=1S/C23H26N8O/c1-16(2)17-3-5-24-19(13-17)27-23-28-20(15-22(29-23)31-9-11-32-12-10-31)26-18-4-7-30-8-6-25-21(30)14-18/h3-8,13-16H,9-12H2,1-2H3,(H2,24,26,27,28,29). The predicted molar refractivity (Wildman–Crippen MR) is 125 cm³/mol. The topological polar surface area (TPSA) is 92.5 Å². The molecule has 5 heterocycles. The molecule has 32 heavy (non-hydrogen) atoms. The Labute approximate surface area is 186 Å². The zero-order valence-corrected chi connectivity index (χ0v) is 18.2. The summed E-state index contributed by atoms with van der Waals surface area (Å²) in [6.45, 7) is 7.27. The number of anilines is 5. The molecule has 0 aromatic carbocycles. The van der Waals surface area contributed by atoms with E-state index in [1.807, 2.05) is 53.3 Å². The third-order valence-corrected chi connectivity index (χ3v) is 5.41. The second-order valence-electron chi connectivity index (χ2n) is 8.02. The fourth-order valence-electron chi connectivity index (χ4n) is 3.63. The molecule has 9 heteroatoms. The summed E-state index contributed by atoms with van der Waals surface area (Å²) in [5.74, 6) is 3.16. The number of aromatic nitrogens is 5. The fraction of sp³-hybridized carbons (Fsp3) is 0.304. The van der Waals surface area contributed by atoms with Crippen molar-refractivity contribution < 1.29 is 4.74 Å². The van der Waals surface area contributed by atoms with E-state index in [0.29, 0.717) is 30.9 Å². The van der Waals surface area contributed by atoms with Gasteiger partial charge in [-0.05, 0) is 29.7 Å². The SMILES string of the molecule is CC(C)c1ccnc(Nc2nc(Nc3ccn4ccnc4c3)cc(N3CCOCC3)n2)c1. The highest BCUT2D eigenvalue weighted by Crippen LogP contribution is 2.25. The molecule has 0 bridgehead atoms. The molecule has 9 nitrogen and oxygen atoms in total. The van der Waals surface area contributed by atoms with Crippen molar-refractivity contribution >= 4 is 34.7 Å². The molecule has 4 aromatic heterocycles. The Hall–Kier alpha value is -3.72. The number of rotatable bonds is 6. The van der Waals surface area contributed by atoms with E-state index in [1.165, 1.54) is 5.56 Å². The highest BCUT2D eigenvalue weighted by Gasteiger charge is 2.16. The van der Waals surface area contributed by atoms with Crippen LogP contribution in [0.3, 0.4) is 0 Å². The number of nitrogens with one attached hydrogen (secondary N) is 2. The molecule has 0 aliphatic carbocycles. The van der Waals surface area contributed by atoms with E-state index in [2.05, 4.69) is 39.3 Å². The van der Waals surface area contributed by atoms with Crippen molar-refractivity contribution in [3.05, 3.63) is 60.7 Å². The van der Waals surface area contributed by atoms with Crippen LogP contribution < -0.4 is 15.5 Å². The van der Waals surface area contributed by atoms with Crippen LogP contribution in [0.25, 0.3) is 5.65 Å². The van der Waals surface area contributed by atoms with E-state index in [1.54, 1.807) is 6.20 Å². The Morgan fingerprint density at radius 3 is 2.62 bits per heavy atom. The van der Waals surface area contributed by atoms with Crippen LogP contribution in [-0.2, 0) is 4.74 Å². The van der Waals surface area contributed by atoms with Gasteiger partial charge in [-0.1, -0.05) is 13.8 Å². The summed E-state index contributed by atoms with van der Waals surface area (Å²) in [5.41, 5.74) is 2.98. The number of pyridine rings is 2. The van der Waals surface area contributed by atoms with Crippen molar-refractivity contribution in [2.45, 2.75) is 19.8 Å². The van der Waals surface area contributed by atoms with Gasteiger partial charge in [0.15, 0.2) is 0 Å². The number of hydrogen-bond donors (Lipinski definition) is 2. The largest absolute Gasteiger partial charge is 0.378 e. The minimum atomic E-state index is 0.411. The highest BCUT2D eigenvalue weighted by molar-refractivity contribution is 5.65. The highest BCUT2D eigenvalue weighted by atomic mass is 16.5. The van der Waals surface area contributed by atoms with E-state index in [4.69, 9.17) is 14.7 Å². The van der Waals surface area contributed by atoms with E-state index >= 15 is 0 Å². The van der Waals surface area contributed by atoms with Crippen molar-refractivity contribution in [3.8, 4) is 0 Å². The summed E-state index contributed by atoms with van der Waals surface area (Å²) >= 11 is 0. The van der Waals surface area contributed by atoms with Crippen LogP contribution in [0.1, 0.15) is 25.3 Å². The second kappa shape index (κ2) is 8.80. The van der Waals surface area contributed by atoms with Gasteiger partial charge < -0.3 is 24.7 Å². The molecule has 1 saturated heterocycles. The Morgan fingerprint density at radius 1 is 0.906 bits per heavy atom. The molecule has 0 radical (unpaired) electrons. The first-order valence-electron chi connectivity index (χ1n) is 10.8. The molecular formula is C23H26N8O. The van der Waals surface area contributed by atoms with Gasteiger partial charge in [0.25, 0.3) is 0 Å². The van der Waals surface area contributed by atoms with Gasteiger partial charge >= 0.3 is 0 Å². The predicted octanol–water partition coefficient (Wildman–Crippen LogP) is 3.97. The van der Waals surface area contributed by atoms with Crippen LogP contribution in [0.4, 0.5) is 29.1 Å². The minimum absolute atomic E-state index is 0.411. The molecule has 1 fully saturated rings. The maximum absolute atomic E-state index is 5.51. The molecular weight excluding hydrogens is 404 g/mol. The molecule has 0 amide bonds. The van der Waals surface area contributed by atoms with Crippen molar-refractivity contribution in [2.24, 2.45) is 0 Å². The van der Waals surface area contributed by atoms with Crippen molar-refractivity contribution in [3.63, 3.8) is 0 Å². The number of morpholine rings is 1. The second-order valence-corrected chi connectivity index (χ2v) is 8.02. The average Bonchev–Trinajstić information content (AvgIpc) is 3.28. The molecule has 1 aliphatic heterocycles. The summed E-state index contributed by atoms with van der Waals surface area (Å²) in [7, 11) is 0. The number of hydrogen-bond acceptors (Lipinski definition) is 8. The number of imidazole rings is 1. The van der Waals surface area contributed by atoms with Gasteiger partial charge in [-0.2, -0.15) is 9.97 Å². The molecule has 0 spiro atoms. The summed E-state index contributed by atoms with van der Waals surface area (Å²) in [5, 5.41) is 6.68. The molecule has 5 rings (SSSR count). The molecule has 1 aliphatic rings. The lowest BCUT2D eigenvalue weighted by atomic mass is 10.1. The van der Waals surface area contributed by atoms with Gasteiger partial charge in [-0.25, -0.2) is 9.97 Å². The van der Waals surface area contributed by atoms with Crippen molar-refractivity contribution in [2.75, 3.05) is 41.8 Å². The molecule has 164 valence electrons. The lowest BCUT2D eigenvalue weighted by Gasteiger charge is -2.28. The molecule has 4 aromatic rings. The third kappa shape index (κ3) is 4.47.